The van der Waals surface area contributed by atoms with Gasteiger partial charge in [-0.3, -0.25) is 14.6 Å². The second-order valence-corrected chi connectivity index (χ2v) is 8.32. The fourth-order valence-electron chi connectivity index (χ4n) is 3.69. The number of ether oxygens (including phenoxy) is 1. The van der Waals surface area contributed by atoms with Crippen LogP contribution >= 0.6 is 0 Å². The summed E-state index contributed by atoms with van der Waals surface area (Å²) < 4.78 is 5.90. The molecule has 162 valence electrons. The van der Waals surface area contributed by atoms with Crippen LogP contribution in [0.5, 0.6) is 5.75 Å². The molecule has 1 aliphatic rings. The van der Waals surface area contributed by atoms with Crippen LogP contribution in [-0.2, 0) is 9.59 Å². The summed E-state index contributed by atoms with van der Waals surface area (Å²) in [7, 11) is 0. The highest BCUT2D eigenvalue weighted by Crippen LogP contribution is 2.27. The zero-order valence-electron chi connectivity index (χ0n) is 18.1. The highest BCUT2D eigenvalue weighted by molar-refractivity contribution is 5.88. The molecule has 1 fully saturated rings. The minimum Gasteiger partial charge on any atom is -0.483 e. The van der Waals surface area contributed by atoms with Gasteiger partial charge >= 0.3 is 0 Å². The van der Waals surface area contributed by atoms with Gasteiger partial charge in [0.1, 0.15) is 5.75 Å². The molecule has 0 aliphatic carbocycles. The molecule has 0 radical (unpaired) electrons. The summed E-state index contributed by atoms with van der Waals surface area (Å²) in [4.78, 5) is 31.0. The molecule has 3 rings (SSSR count). The summed E-state index contributed by atoms with van der Waals surface area (Å²) in [6.07, 6.45) is 0.272. The molecule has 0 spiro atoms. The lowest BCUT2D eigenvalue weighted by Crippen LogP contribution is -2.44. The Morgan fingerprint density at radius 2 is 2.00 bits per heavy atom. The van der Waals surface area contributed by atoms with E-state index in [-0.39, 0.29) is 30.4 Å². The summed E-state index contributed by atoms with van der Waals surface area (Å²) in [5, 5.41) is 14.1. The van der Waals surface area contributed by atoms with Crippen molar-refractivity contribution in [3.8, 4) is 5.75 Å². The van der Waals surface area contributed by atoms with E-state index >= 15 is 0 Å². The predicted molar refractivity (Wildman–Crippen MR) is 115 cm³/mol. The van der Waals surface area contributed by atoms with E-state index < -0.39 is 6.10 Å². The van der Waals surface area contributed by atoms with Crippen molar-refractivity contribution < 1.29 is 19.4 Å². The number of aromatic nitrogens is 1. The quantitative estimate of drug-likeness (QED) is 0.785. The van der Waals surface area contributed by atoms with Gasteiger partial charge in [0, 0.05) is 36.2 Å². The lowest BCUT2D eigenvalue weighted by atomic mass is 10.1. The highest BCUT2D eigenvalue weighted by Gasteiger charge is 2.28. The first-order valence-electron chi connectivity index (χ1n) is 10.5. The summed E-state index contributed by atoms with van der Waals surface area (Å²) in [5.41, 5.74) is 2.77. The van der Waals surface area contributed by atoms with Crippen LogP contribution in [0.25, 0.3) is 10.9 Å². The van der Waals surface area contributed by atoms with E-state index in [1.54, 1.807) is 4.90 Å². The van der Waals surface area contributed by atoms with Crippen molar-refractivity contribution in [2.45, 2.75) is 52.7 Å². The van der Waals surface area contributed by atoms with E-state index in [1.807, 2.05) is 52.0 Å². The molecule has 0 unspecified atom stereocenters. The molecule has 2 heterocycles. The molecule has 1 saturated heterocycles. The summed E-state index contributed by atoms with van der Waals surface area (Å²) >= 11 is 0. The van der Waals surface area contributed by atoms with Gasteiger partial charge in [0.2, 0.25) is 5.91 Å². The van der Waals surface area contributed by atoms with E-state index in [2.05, 4.69) is 10.3 Å². The van der Waals surface area contributed by atoms with E-state index in [1.165, 1.54) is 0 Å². The number of amides is 2. The number of rotatable bonds is 5. The second kappa shape index (κ2) is 9.43. The van der Waals surface area contributed by atoms with E-state index in [0.717, 1.165) is 22.2 Å². The molecular formula is C23H31N3O4. The highest BCUT2D eigenvalue weighted by atomic mass is 16.5. The zero-order chi connectivity index (χ0) is 21.8. The van der Waals surface area contributed by atoms with Gasteiger partial charge in [-0.2, -0.15) is 0 Å². The molecule has 1 aliphatic heterocycles. The van der Waals surface area contributed by atoms with Crippen molar-refractivity contribution in [2.24, 2.45) is 5.92 Å². The molecule has 0 bridgehead atoms. The number of hydrogen-bond acceptors (Lipinski definition) is 5. The van der Waals surface area contributed by atoms with Crippen LogP contribution in [0, 0.1) is 19.8 Å². The molecule has 7 heteroatoms. The topological polar surface area (TPSA) is 91.8 Å². The van der Waals surface area contributed by atoms with Crippen molar-refractivity contribution in [3.63, 3.8) is 0 Å². The zero-order valence-corrected chi connectivity index (χ0v) is 18.1. The van der Waals surface area contributed by atoms with Crippen LogP contribution in [0.3, 0.4) is 0 Å². The molecule has 2 amide bonds. The van der Waals surface area contributed by atoms with Crippen LogP contribution in [0.15, 0.2) is 24.3 Å². The molecular weight excluding hydrogens is 382 g/mol. The van der Waals surface area contributed by atoms with Crippen LogP contribution < -0.4 is 10.1 Å². The first kappa shape index (κ1) is 22.0. The summed E-state index contributed by atoms with van der Waals surface area (Å²) in [6.45, 7) is 8.37. The number of aliphatic hydroxyl groups excluding tert-OH is 1. The molecule has 7 nitrogen and oxygen atoms in total. The van der Waals surface area contributed by atoms with Gasteiger partial charge < -0.3 is 20.1 Å². The first-order chi connectivity index (χ1) is 14.3. The van der Waals surface area contributed by atoms with Crippen molar-refractivity contribution in [1.29, 1.82) is 0 Å². The average Bonchev–Trinajstić information content (AvgIpc) is 2.88. The number of aryl methyl sites for hydroxylation is 2. The maximum atomic E-state index is 12.8. The molecule has 2 N–H and O–H groups in total. The Morgan fingerprint density at radius 1 is 1.27 bits per heavy atom. The number of carbonyl (C=O) groups is 2. The van der Waals surface area contributed by atoms with Crippen molar-refractivity contribution >= 4 is 22.7 Å². The first-order valence-corrected chi connectivity index (χ1v) is 10.5. The van der Waals surface area contributed by atoms with Gasteiger partial charge in [0.05, 0.1) is 17.7 Å². The molecule has 2 atom stereocenters. The largest absolute Gasteiger partial charge is 0.483 e. The number of aliphatic hydroxyl groups is 1. The number of fused-ring (bicyclic) bond motifs is 1. The van der Waals surface area contributed by atoms with Gasteiger partial charge in [0.15, 0.2) is 6.61 Å². The SMILES string of the molecule is Cc1cc(OCC(=O)N2CC[C@H](NC(=O)C(C)C)[C@@H](O)CC2)c2cccc(C)c2n1. The Hall–Kier alpha value is -2.67. The minimum absolute atomic E-state index is 0.0778. The number of benzene rings is 1. The third kappa shape index (κ3) is 5.08. The number of nitrogens with one attached hydrogen (secondary N) is 1. The normalized spacial score (nSPS) is 19.6. The fraction of sp³-hybridized carbons (Fsp3) is 0.522. The summed E-state index contributed by atoms with van der Waals surface area (Å²) in [5.74, 6) is 0.283. The number of nitrogens with zero attached hydrogens (tertiary/aromatic N) is 2. The monoisotopic (exact) mass is 413 g/mol. The maximum Gasteiger partial charge on any atom is 0.260 e. The Kier molecular flexibility index (Phi) is 6.92. The van der Waals surface area contributed by atoms with Gasteiger partial charge in [-0.15, -0.1) is 0 Å². The van der Waals surface area contributed by atoms with Crippen LogP contribution in [-0.4, -0.2) is 58.6 Å². The van der Waals surface area contributed by atoms with Crippen molar-refractivity contribution in [1.82, 2.24) is 15.2 Å². The van der Waals surface area contributed by atoms with E-state index in [9.17, 15) is 14.7 Å². The van der Waals surface area contributed by atoms with E-state index in [4.69, 9.17) is 4.74 Å². The van der Waals surface area contributed by atoms with Crippen molar-refractivity contribution in [2.75, 3.05) is 19.7 Å². The Balaban J connectivity index is 1.64. The molecule has 2 aromatic rings. The smallest absolute Gasteiger partial charge is 0.260 e. The van der Waals surface area contributed by atoms with Crippen molar-refractivity contribution in [3.05, 3.63) is 35.5 Å². The van der Waals surface area contributed by atoms with Gasteiger partial charge in [-0.25, -0.2) is 0 Å². The van der Waals surface area contributed by atoms with Gasteiger partial charge in [-0.05, 0) is 38.3 Å². The molecule has 30 heavy (non-hydrogen) atoms. The van der Waals surface area contributed by atoms with E-state index in [0.29, 0.717) is 31.7 Å². The van der Waals surface area contributed by atoms with Gasteiger partial charge in [-0.1, -0.05) is 26.0 Å². The third-order valence-corrected chi connectivity index (χ3v) is 5.56. The number of likely N-dealkylation sites (tertiary alicyclic amines) is 1. The molecule has 0 saturated carbocycles. The lowest BCUT2D eigenvalue weighted by Gasteiger charge is -2.22. The van der Waals surface area contributed by atoms with Crippen LogP contribution in [0.2, 0.25) is 0 Å². The van der Waals surface area contributed by atoms with Crippen LogP contribution in [0.1, 0.15) is 37.9 Å². The second-order valence-electron chi connectivity index (χ2n) is 8.32. The maximum absolute atomic E-state index is 12.8. The van der Waals surface area contributed by atoms with Crippen LogP contribution in [0.4, 0.5) is 0 Å². The Labute approximate surface area is 177 Å². The number of pyridine rings is 1. The Morgan fingerprint density at radius 3 is 2.73 bits per heavy atom. The number of para-hydroxylation sites is 1. The molecule has 1 aromatic carbocycles. The summed E-state index contributed by atoms with van der Waals surface area (Å²) in [6, 6.07) is 7.40. The lowest BCUT2D eigenvalue weighted by molar-refractivity contribution is -0.133. The number of hydrogen-bond donors (Lipinski definition) is 2. The minimum atomic E-state index is -0.666. The standard InChI is InChI=1S/C23H31N3O4/c1-14(2)23(29)25-18-8-10-26(11-9-19(18)27)21(28)13-30-20-12-16(4)24-22-15(3)6-5-7-17(20)22/h5-7,12,14,18-19,27H,8-11,13H2,1-4H3,(H,25,29)/t18-,19-/m0/s1. The third-order valence-electron chi connectivity index (χ3n) is 5.56. The fourth-order valence-corrected chi connectivity index (χ4v) is 3.69. The molecule has 1 aromatic heterocycles. The predicted octanol–water partition coefficient (Wildman–Crippen LogP) is 2.35. The average molecular weight is 414 g/mol. The van der Waals surface area contributed by atoms with Gasteiger partial charge in [0.25, 0.3) is 5.91 Å². The number of carbonyl (C=O) groups excluding carboxylic acids is 2. The Bertz CT molecular complexity index is 928.